The van der Waals surface area contributed by atoms with E-state index in [-0.39, 0.29) is 6.23 Å². The lowest BCUT2D eigenvalue weighted by Gasteiger charge is -2.46. The van der Waals surface area contributed by atoms with Crippen LogP contribution in [0.2, 0.25) is 0 Å². The molecule has 0 radical (unpaired) electrons. The van der Waals surface area contributed by atoms with E-state index in [0.29, 0.717) is 0 Å². The number of hydrogen-bond donors (Lipinski definition) is 2. The highest BCUT2D eigenvalue weighted by Crippen LogP contribution is 2.42. The molecule has 19 heavy (non-hydrogen) atoms. The van der Waals surface area contributed by atoms with Gasteiger partial charge < -0.3 is 20.1 Å². The van der Waals surface area contributed by atoms with Crippen molar-refractivity contribution in [3.05, 3.63) is 48.5 Å². The van der Waals surface area contributed by atoms with Crippen LogP contribution >= 0.6 is 0 Å². The molecule has 0 aromatic heterocycles. The van der Waals surface area contributed by atoms with Crippen LogP contribution in [-0.4, -0.2) is 12.0 Å². The molecule has 0 spiro atoms. The molecule has 2 aliphatic rings. The van der Waals surface area contributed by atoms with Crippen LogP contribution < -0.4 is 20.1 Å². The second kappa shape index (κ2) is 3.57. The van der Waals surface area contributed by atoms with Gasteiger partial charge in [0.25, 0.3) is 0 Å². The lowest BCUT2D eigenvalue weighted by atomic mass is 10.1. The summed E-state index contributed by atoms with van der Waals surface area (Å²) in [6.45, 7) is 1.98. The number of fused-ring (bicyclic) bond motifs is 3. The lowest BCUT2D eigenvalue weighted by Crippen LogP contribution is -2.61. The van der Waals surface area contributed by atoms with Gasteiger partial charge in [-0.3, -0.25) is 0 Å². The van der Waals surface area contributed by atoms with Gasteiger partial charge in [0.1, 0.15) is 11.5 Å². The summed E-state index contributed by atoms with van der Waals surface area (Å²) in [5, 5.41) is 6.78. The maximum Gasteiger partial charge on any atom is 0.234 e. The van der Waals surface area contributed by atoms with Gasteiger partial charge in [-0.25, -0.2) is 0 Å². The molecular formula is C15H14N2O2. The number of anilines is 2. The van der Waals surface area contributed by atoms with E-state index in [1.54, 1.807) is 0 Å². The molecule has 2 aliphatic heterocycles. The Morgan fingerprint density at radius 3 is 2.47 bits per heavy atom. The number of para-hydroxylation sites is 4. The fourth-order valence-corrected chi connectivity index (χ4v) is 2.54. The molecule has 96 valence electrons. The third-order valence-electron chi connectivity index (χ3n) is 3.51. The number of nitrogens with one attached hydrogen (secondary N) is 2. The molecule has 0 amide bonds. The molecule has 2 heterocycles. The Kier molecular flexibility index (Phi) is 1.98. The zero-order valence-electron chi connectivity index (χ0n) is 10.5. The summed E-state index contributed by atoms with van der Waals surface area (Å²) < 4.78 is 12.1. The molecule has 0 saturated heterocycles. The highest BCUT2D eigenvalue weighted by molar-refractivity contribution is 5.64. The smallest absolute Gasteiger partial charge is 0.234 e. The molecular weight excluding hydrogens is 240 g/mol. The Bertz CT molecular complexity index is 590. The van der Waals surface area contributed by atoms with Crippen LogP contribution in [0.25, 0.3) is 0 Å². The average molecular weight is 254 g/mol. The second-order valence-electron chi connectivity index (χ2n) is 4.97. The molecule has 2 atom stereocenters. The zero-order chi connectivity index (χ0) is 12.9. The van der Waals surface area contributed by atoms with Crippen molar-refractivity contribution in [2.75, 3.05) is 10.6 Å². The first-order valence-electron chi connectivity index (χ1n) is 6.33. The Morgan fingerprint density at radius 2 is 1.63 bits per heavy atom. The Morgan fingerprint density at radius 1 is 0.947 bits per heavy atom. The normalized spacial score (nSPS) is 26.5. The van der Waals surface area contributed by atoms with E-state index >= 15 is 0 Å². The predicted molar refractivity (Wildman–Crippen MR) is 73.6 cm³/mol. The van der Waals surface area contributed by atoms with Gasteiger partial charge in [-0.2, -0.15) is 0 Å². The average Bonchev–Trinajstić information content (AvgIpc) is 2.42. The van der Waals surface area contributed by atoms with Crippen molar-refractivity contribution < 1.29 is 9.47 Å². The van der Waals surface area contributed by atoms with Crippen molar-refractivity contribution in [3.8, 4) is 11.5 Å². The van der Waals surface area contributed by atoms with Crippen LogP contribution in [0.3, 0.4) is 0 Å². The summed E-state index contributed by atoms with van der Waals surface area (Å²) in [7, 11) is 0. The SMILES string of the molecule is CC12Nc3ccccc3OC1Nc1ccccc1O2. The fourth-order valence-electron chi connectivity index (χ4n) is 2.54. The van der Waals surface area contributed by atoms with Gasteiger partial charge in [0, 0.05) is 6.92 Å². The topological polar surface area (TPSA) is 42.5 Å². The summed E-state index contributed by atoms with van der Waals surface area (Å²) in [5.74, 6) is 1.66. The van der Waals surface area contributed by atoms with Crippen molar-refractivity contribution in [1.29, 1.82) is 0 Å². The highest BCUT2D eigenvalue weighted by atomic mass is 16.6. The van der Waals surface area contributed by atoms with E-state index in [2.05, 4.69) is 10.6 Å². The first-order chi connectivity index (χ1) is 9.24. The van der Waals surface area contributed by atoms with Crippen LogP contribution in [0.4, 0.5) is 11.4 Å². The van der Waals surface area contributed by atoms with Gasteiger partial charge in [-0.15, -0.1) is 0 Å². The molecule has 0 aliphatic carbocycles. The van der Waals surface area contributed by atoms with Gasteiger partial charge in [-0.05, 0) is 24.3 Å². The summed E-state index contributed by atoms with van der Waals surface area (Å²) in [5.41, 5.74) is 1.27. The standard InChI is InChI=1S/C15H14N2O2/c1-15-14(16-10-6-2-5-9-13(10)19-15)18-12-8-4-3-7-11(12)17-15/h2-9,14,16-17H,1H3. The summed E-state index contributed by atoms with van der Waals surface area (Å²) in [6.07, 6.45) is -0.266. The van der Waals surface area contributed by atoms with Gasteiger partial charge in [0.15, 0.2) is 0 Å². The van der Waals surface area contributed by atoms with Crippen LogP contribution in [-0.2, 0) is 0 Å². The van der Waals surface area contributed by atoms with Gasteiger partial charge >= 0.3 is 0 Å². The third-order valence-corrected chi connectivity index (χ3v) is 3.51. The molecule has 2 N–H and O–H groups in total. The minimum atomic E-state index is -0.622. The van der Waals surface area contributed by atoms with Crippen molar-refractivity contribution in [1.82, 2.24) is 0 Å². The van der Waals surface area contributed by atoms with Crippen LogP contribution in [0.1, 0.15) is 6.92 Å². The zero-order valence-corrected chi connectivity index (χ0v) is 10.5. The Hall–Kier alpha value is -2.36. The molecule has 4 nitrogen and oxygen atoms in total. The van der Waals surface area contributed by atoms with E-state index in [1.165, 1.54) is 0 Å². The van der Waals surface area contributed by atoms with Crippen molar-refractivity contribution in [2.45, 2.75) is 18.9 Å². The highest BCUT2D eigenvalue weighted by Gasteiger charge is 2.46. The Balaban J connectivity index is 1.77. The van der Waals surface area contributed by atoms with E-state index in [1.807, 2.05) is 55.5 Å². The minimum Gasteiger partial charge on any atom is -0.462 e. The molecule has 4 heteroatoms. The third kappa shape index (κ3) is 1.53. The number of ether oxygens (including phenoxy) is 2. The van der Waals surface area contributed by atoms with E-state index < -0.39 is 5.72 Å². The van der Waals surface area contributed by atoms with Gasteiger partial charge in [0.05, 0.1) is 11.4 Å². The molecule has 2 unspecified atom stereocenters. The Labute approximate surface area is 111 Å². The molecule has 0 bridgehead atoms. The maximum atomic E-state index is 6.08. The first-order valence-corrected chi connectivity index (χ1v) is 6.33. The first kappa shape index (κ1) is 10.6. The van der Waals surface area contributed by atoms with Crippen molar-refractivity contribution in [3.63, 3.8) is 0 Å². The van der Waals surface area contributed by atoms with Gasteiger partial charge in [0.2, 0.25) is 12.0 Å². The molecule has 4 rings (SSSR count). The van der Waals surface area contributed by atoms with Gasteiger partial charge in [-0.1, -0.05) is 24.3 Å². The molecule has 0 fully saturated rings. The second-order valence-corrected chi connectivity index (χ2v) is 4.97. The molecule has 2 aromatic carbocycles. The van der Waals surface area contributed by atoms with Crippen LogP contribution in [0.15, 0.2) is 48.5 Å². The van der Waals surface area contributed by atoms with Crippen molar-refractivity contribution >= 4 is 11.4 Å². The monoisotopic (exact) mass is 254 g/mol. The minimum absolute atomic E-state index is 0.266. The molecule has 2 aromatic rings. The summed E-state index contributed by atoms with van der Waals surface area (Å²) in [4.78, 5) is 0. The lowest BCUT2D eigenvalue weighted by molar-refractivity contribution is -0.00852. The van der Waals surface area contributed by atoms with E-state index in [4.69, 9.17) is 9.47 Å². The molecule has 0 saturated carbocycles. The van der Waals surface area contributed by atoms with Crippen molar-refractivity contribution in [2.24, 2.45) is 0 Å². The summed E-state index contributed by atoms with van der Waals surface area (Å²) >= 11 is 0. The number of hydrogen-bond acceptors (Lipinski definition) is 4. The summed E-state index contributed by atoms with van der Waals surface area (Å²) in [6, 6.07) is 15.7. The number of benzene rings is 2. The van der Waals surface area contributed by atoms with Crippen LogP contribution in [0, 0.1) is 0 Å². The predicted octanol–water partition coefficient (Wildman–Crippen LogP) is 3.04. The van der Waals surface area contributed by atoms with Crippen LogP contribution in [0.5, 0.6) is 11.5 Å². The quantitative estimate of drug-likeness (QED) is 0.758. The van der Waals surface area contributed by atoms with E-state index in [0.717, 1.165) is 22.9 Å². The number of rotatable bonds is 0. The fraction of sp³-hybridized carbons (Fsp3) is 0.200. The maximum absolute atomic E-state index is 6.08. The van der Waals surface area contributed by atoms with E-state index in [9.17, 15) is 0 Å². The largest absolute Gasteiger partial charge is 0.462 e.